The van der Waals surface area contributed by atoms with E-state index in [1.165, 1.54) is 11.1 Å². The van der Waals surface area contributed by atoms with Crippen LogP contribution in [-0.2, 0) is 17.6 Å². The Morgan fingerprint density at radius 1 is 1.00 bits per heavy atom. The van der Waals surface area contributed by atoms with Gasteiger partial charge >= 0.3 is 0 Å². The number of amides is 1. The van der Waals surface area contributed by atoms with Crippen LogP contribution in [-0.4, -0.2) is 30.4 Å². The molecule has 21 heavy (non-hydrogen) atoms. The minimum absolute atomic E-state index is 0.104. The van der Waals surface area contributed by atoms with E-state index >= 15 is 0 Å². The summed E-state index contributed by atoms with van der Waals surface area (Å²) in [6.07, 6.45) is 4.05. The summed E-state index contributed by atoms with van der Waals surface area (Å²) in [6, 6.07) is 6.28. The van der Waals surface area contributed by atoms with Gasteiger partial charge in [-0.1, -0.05) is 45.9 Å². The predicted octanol–water partition coefficient (Wildman–Crippen LogP) is 3.87. The molecule has 0 atom stereocenters. The van der Waals surface area contributed by atoms with Crippen LogP contribution in [0.4, 0.5) is 5.69 Å². The molecule has 1 amide bonds. The van der Waals surface area contributed by atoms with Gasteiger partial charge in [0.2, 0.25) is 5.91 Å². The standard InChI is InChI=1S/C18H30N2O/c1-5-12-20(13-6-2)14-17(21)19-18-15(7-3)10-9-11-16(18)8-4/h9-11H,5-8,12-14H2,1-4H3,(H,19,21). The van der Waals surface area contributed by atoms with Gasteiger partial charge in [0.1, 0.15) is 0 Å². The van der Waals surface area contributed by atoms with E-state index in [-0.39, 0.29) is 5.91 Å². The smallest absolute Gasteiger partial charge is 0.238 e. The molecule has 0 radical (unpaired) electrons. The molecule has 0 aromatic heterocycles. The van der Waals surface area contributed by atoms with Gasteiger partial charge < -0.3 is 5.32 Å². The van der Waals surface area contributed by atoms with Crippen LogP contribution < -0.4 is 5.32 Å². The van der Waals surface area contributed by atoms with Crippen molar-refractivity contribution in [1.29, 1.82) is 0 Å². The molecule has 3 heteroatoms. The van der Waals surface area contributed by atoms with Crippen LogP contribution >= 0.6 is 0 Å². The van der Waals surface area contributed by atoms with E-state index < -0.39 is 0 Å². The summed E-state index contributed by atoms with van der Waals surface area (Å²) in [4.78, 5) is 14.6. The van der Waals surface area contributed by atoms with Gasteiger partial charge in [0, 0.05) is 5.69 Å². The Hall–Kier alpha value is -1.35. The Bertz CT molecular complexity index is 415. The quantitative estimate of drug-likeness (QED) is 0.748. The molecular weight excluding hydrogens is 260 g/mol. The van der Waals surface area contributed by atoms with Gasteiger partial charge in [0.15, 0.2) is 0 Å². The minimum atomic E-state index is 0.104. The number of nitrogens with zero attached hydrogens (tertiary/aromatic N) is 1. The van der Waals surface area contributed by atoms with Gasteiger partial charge in [-0.05, 0) is 49.9 Å². The van der Waals surface area contributed by atoms with Crippen LogP contribution in [0, 0.1) is 0 Å². The summed E-state index contributed by atoms with van der Waals surface area (Å²) in [5.41, 5.74) is 3.47. The molecule has 118 valence electrons. The fourth-order valence-corrected chi connectivity index (χ4v) is 2.69. The Labute approximate surface area is 129 Å². The molecule has 1 aromatic carbocycles. The van der Waals surface area contributed by atoms with Crippen molar-refractivity contribution in [2.45, 2.75) is 53.4 Å². The lowest BCUT2D eigenvalue weighted by molar-refractivity contribution is -0.117. The maximum absolute atomic E-state index is 12.4. The molecule has 1 rings (SSSR count). The van der Waals surface area contributed by atoms with E-state index in [1.54, 1.807) is 0 Å². The zero-order chi connectivity index (χ0) is 15.7. The number of carbonyl (C=O) groups is 1. The predicted molar refractivity (Wildman–Crippen MR) is 90.8 cm³/mol. The molecule has 1 N–H and O–H groups in total. The molecule has 0 bridgehead atoms. The number of rotatable bonds is 9. The maximum Gasteiger partial charge on any atom is 0.238 e. The highest BCUT2D eigenvalue weighted by Crippen LogP contribution is 2.22. The molecule has 0 fully saturated rings. The van der Waals surface area contributed by atoms with Crippen LogP contribution in [0.2, 0.25) is 0 Å². The monoisotopic (exact) mass is 290 g/mol. The highest BCUT2D eigenvalue weighted by atomic mass is 16.2. The number of para-hydroxylation sites is 1. The summed E-state index contributed by atoms with van der Waals surface area (Å²) in [7, 11) is 0. The van der Waals surface area contributed by atoms with E-state index in [9.17, 15) is 4.79 Å². The first kappa shape index (κ1) is 17.7. The largest absolute Gasteiger partial charge is 0.324 e. The third-order valence-electron chi connectivity index (χ3n) is 3.71. The van der Waals surface area contributed by atoms with Gasteiger partial charge in [-0.25, -0.2) is 0 Å². The molecule has 0 unspecified atom stereocenters. The van der Waals surface area contributed by atoms with E-state index in [0.29, 0.717) is 6.54 Å². The average molecular weight is 290 g/mol. The summed E-state index contributed by atoms with van der Waals surface area (Å²) in [5, 5.41) is 3.15. The molecule has 0 saturated heterocycles. The van der Waals surface area contributed by atoms with Gasteiger partial charge in [0.25, 0.3) is 0 Å². The first-order valence-corrected chi connectivity index (χ1v) is 8.29. The van der Waals surface area contributed by atoms with E-state index in [4.69, 9.17) is 0 Å². The fourth-order valence-electron chi connectivity index (χ4n) is 2.69. The summed E-state index contributed by atoms with van der Waals surface area (Å²) in [6.45, 7) is 11.0. The van der Waals surface area contributed by atoms with Crippen LogP contribution in [0.3, 0.4) is 0 Å². The highest BCUT2D eigenvalue weighted by Gasteiger charge is 2.13. The Morgan fingerprint density at radius 2 is 1.52 bits per heavy atom. The van der Waals surface area contributed by atoms with Crippen molar-refractivity contribution >= 4 is 11.6 Å². The van der Waals surface area contributed by atoms with Crippen molar-refractivity contribution in [1.82, 2.24) is 4.90 Å². The second-order valence-corrected chi connectivity index (χ2v) is 5.48. The van der Waals surface area contributed by atoms with Gasteiger partial charge in [-0.3, -0.25) is 9.69 Å². The number of aryl methyl sites for hydroxylation is 2. The van der Waals surface area contributed by atoms with E-state index in [1.807, 2.05) is 0 Å². The lowest BCUT2D eigenvalue weighted by Crippen LogP contribution is -2.34. The van der Waals surface area contributed by atoms with Gasteiger partial charge in [0.05, 0.1) is 6.54 Å². The van der Waals surface area contributed by atoms with Crippen LogP contribution in [0.15, 0.2) is 18.2 Å². The summed E-state index contributed by atoms with van der Waals surface area (Å²) < 4.78 is 0. The molecule has 3 nitrogen and oxygen atoms in total. The molecule has 0 aliphatic heterocycles. The van der Waals surface area contributed by atoms with Crippen molar-refractivity contribution in [2.24, 2.45) is 0 Å². The van der Waals surface area contributed by atoms with Crippen molar-refractivity contribution in [3.05, 3.63) is 29.3 Å². The molecule has 0 aliphatic rings. The third-order valence-corrected chi connectivity index (χ3v) is 3.71. The molecular formula is C18H30N2O. The average Bonchev–Trinajstić information content (AvgIpc) is 2.47. The summed E-state index contributed by atoms with van der Waals surface area (Å²) >= 11 is 0. The van der Waals surface area contributed by atoms with Crippen molar-refractivity contribution < 1.29 is 4.79 Å². The second kappa shape index (κ2) is 9.56. The molecule has 0 saturated carbocycles. The summed E-state index contributed by atoms with van der Waals surface area (Å²) in [5.74, 6) is 0.104. The molecule has 1 aromatic rings. The zero-order valence-electron chi connectivity index (χ0n) is 14.0. The fraction of sp³-hybridized carbons (Fsp3) is 0.611. The molecule has 0 heterocycles. The normalized spacial score (nSPS) is 10.9. The van der Waals surface area contributed by atoms with Crippen molar-refractivity contribution in [3.63, 3.8) is 0 Å². The van der Waals surface area contributed by atoms with Gasteiger partial charge in [-0.15, -0.1) is 0 Å². The van der Waals surface area contributed by atoms with Crippen LogP contribution in [0.25, 0.3) is 0 Å². The zero-order valence-corrected chi connectivity index (χ0v) is 14.0. The first-order chi connectivity index (χ1) is 10.2. The van der Waals surface area contributed by atoms with Crippen molar-refractivity contribution in [2.75, 3.05) is 25.0 Å². The Balaban J connectivity index is 2.77. The van der Waals surface area contributed by atoms with Crippen molar-refractivity contribution in [3.8, 4) is 0 Å². The first-order valence-electron chi connectivity index (χ1n) is 8.29. The van der Waals surface area contributed by atoms with E-state index in [2.05, 4.69) is 56.1 Å². The number of carbonyl (C=O) groups excluding carboxylic acids is 1. The second-order valence-electron chi connectivity index (χ2n) is 5.48. The Kier molecular flexibility index (Phi) is 8.06. The van der Waals surface area contributed by atoms with Crippen LogP contribution in [0.5, 0.6) is 0 Å². The molecule has 0 spiro atoms. The lowest BCUT2D eigenvalue weighted by atomic mass is 10.0. The SMILES string of the molecule is CCCN(CCC)CC(=O)Nc1c(CC)cccc1CC. The third kappa shape index (κ3) is 5.50. The topological polar surface area (TPSA) is 32.3 Å². The maximum atomic E-state index is 12.4. The number of hydrogen-bond acceptors (Lipinski definition) is 2. The van der Waals surface area contributed by atoms with E-state index in [0.717, 1.165) is 44.5 Å². The molecule has 0 aliphatic carbocycles. The number of nitrogens with one attached hydrogen (secondary N) is 1. The van der Waals surface area contributed by atoms with Gasteiger partial charge in [-0.2, -0.15) is 0 Å². The number of hydrogen-bond donors (Lipinski definition) is 1. The minimum Gasteiger partial charge on any atom is -0.324 e. The lowest BCUT2D eigenvalue weighted by Gasteiger charge is -2.21. The Morgan fingerprint density at radius 3 is 1.95 bits per heavy atom. The van der Waals surface area contributed by atoms with Crippen LogP contribution in [0.1, 0.15) is 51.7 Å². The highest BCUT2D eigenvalue weighted by molar-refractivity contribution is 5.93. The number of anilines is 1. The number of benzene rings is 1.